The van der Waals surface area contributed by atoms with E-state index in [0.717, 1.165) is 25.7 Å². The molecule has 1 unspecified atom stereocenters. The maximum absolute atomic E-state index is 14.0. The Morgan fingerprint density at radius 1 is 1.48 bits per heavy atom. The Labute approximate surface area is 130 Å². The van der Waals surface area contributed by atoms with Crippen molar-refractivity contribution in [3.63, 3.8) is 0 Å². The van der Waals surface area contributed by atoms with Gasteiger partial charge in [0.2, 0.25) is 0 Å². The standard InChI is InChI=1S/C17H21ClFNO/c1-2-3-12-6-8-17(11-20,9-7-12)16(21)14-5-4-13(18)10-15(14)19/h4-5,10,12,16,21H,2-3,6-9H2,1H3. The fraction of sp³-hybridized carbons (Fsp3) is 0.588. The summed E-state index contributed by atoms with van der Waals surface area (Å²) in [4.78, 5) is 0. The van der Waals surface area contributed by atoms with Crippen LogP contribution in [-0.2, 0) is 0 Å². The molecule has 1 aliphatic carbocycles. The molecule has 1 fully saturated rings. The summed E-state index contributed by atoms with van der Waals surface area (Å²) in [6.45, 7) is 2.16. The Morgan fingerprint density at radius 3 is 2.67 bits per heavy atom. The molecule has 0 saturated heterocycles. The summed E-state index contributed by atoms with van der Waals surface area (Å²) in [5.41, 5.74) is -0.700. The zero-order valence-corrected chi connectivity index (χ0v) is 13.0. The Bertz CT molecular complexity index is 532. The molecular weight excluding hydrogens is 289 g/mol. The Kier molecular flexibility index (Phi) is 5.24. The molecule has 2 rings (SSSR count). The van der Waals surface area contributed by atoms with Gasteiger partial charge >= 0.3 is 0 Å². The monoisotopic (exact) mass is 309 g/mol. The predicted molar refractivity (Wildman–Crippen MR) is 81.3 cm³/mol. The first kappa shape index (κ1) is 16.3. The van der Waals surface area contributed by atoms with Crippen molar-refractivity contribution in [2.24, 2.45) is 11.3 Å². The number of hydrogen-bond acceptors (Lipinski definition) is 2. The molecule has 114 valence electrons. The summed E-state index contributed by atoms with van der Waals surface area (Å²) in [7, 11) is 0. The molecule has 0 aromatic heterocycles. The van der Waals surface area contributed by atoms with Crippen molar-refractivity contribution in [3.05, 3.63) is 34.6 Å². The molecule has 1 aliphatic rings. The minimum Gasteiger partial charge on any atom is -0.387 e. The highest BCUT2D eigenvalue weighted by Crippen LogP contribution is 2.48. The molecule has 0 heterocycles. The summed E-state index contributed by atoms with van der Waals surface area (Å²) in [5, 5.41) is 20.4. The van der Waals surface area contributed by atoms with E-state index in [0.29, 0.717) is 23.8 Å². The maximum atomic E-state index is 14.0. The Balaban J connectivity index is 2.20. The first-order valence-corrected chi connectivity index (χ1v) is 7.94. The van der Waals surface area contributed by atoms with Gasteiger partial charge in [0.15, 0.2) is 0 Å². The fourth-order valence-corrected chi connectivity index (χ4v) is 3.52. The van der Waals surface area contributed by atoms with Crippen LogP contribution in [0.1, 0.15) is 57.1 Å². The molecule has 0 amide bonds. The summed E-state index contributed by atoms with van der Waals surface area (Å²) in [6.07, 6.45) is 4.30. The van der Waals surface area contributed by atoms with E-state index < -0.39 is 17.3 Å². The van der Waals surface area contributed by atoms with Gasteiger partial charge in [-0.3, -0.25) is 0 Å². The molecule has 1 aromatic rings. The number of benzene rings is 1. The molecule has 0 bridgehead atoms. The molecule has 1 N–H and O–H groups in total. The molecule has 2 nitrogen and oxygen atoms in total. The molecule has 0 spiro atoms. The normalized spacial score (nSPS) is 27.1. The Hall–Kier alpha value is -1.11. The van der Waals surface area contributed by atoms with Crippen molar-refractivity contribution in [1.29, 1.82) is 5.26 Å². The molecule has 0 radical (unpaired) electrons. The van der Waals surface area contributed by atoms with Gasteiger partial charge in [0.25, 0.3) is 0 Å². The van der Waals surface area contributed by atoms with Crippen molar-refractivity contribution >= 4 is 11.6 Å². The SMILES string of the molecule is CCCC1CCC(C#N)(C(O)c2ccc(Cl)cc2F)CC1. The molecule has 1 atom stereocenters. The van der Waals surface area contributed by atoms with Crippen LogP contribution >= 0.6 is 11.6 Å². The van der Waals surface area contributed by atoms with Crippen LogP contribution in [0.2, 0.25) is 5.02 Å². The first-order chi connectivity index (χ1) is 10.0. The van der Waals surface area contributed by atoms with Crippen LogP contribution in [0.4, 0.5) is 4.39 Å². The van der Waals surface area contributed by atoms with E-state index in [1.165, 1.54) is 12.1 Å². The van der Waals surface area contributed by atoms with Crippen LogP contribution in [0.3, 0.4) is 0 Å². The van der Waals surface area contributed by atoms with E-state index in [2.05, 4.69) is 13.0 Å². The largest absolute Gasteiger partial charge is 0.387 e. The van der Waals surface area contributed by atoms with Gasteiger partial charge in [0.05, 0.1) is 11.5 Å². The van der Waals surface area contributed by atoms with E-state index in [-0.39, 0.29) is 5.56 Å². The number of aliphatic hydroxyl groups excluding tert-OH is 1. The van der Waals surface area contributed by atoms with Crippen LogP contribution in [0.15, 0.2) is 18.2 Å². The van der Waals surface area contributed by atoms with Gasteiger partial charge in [0, 0.05) is 10.6 Å². The van der Waals surface area contributed by atoms with Gasteiger partial charge in [-0.1, -0.05) is 37.4 Å². The van der Waals surface area contributed by atoms with Gasteiger partial charge in [-0.15, -0.1) is 0 Å². The van der Waals surface area contributed by atoms with Gasteiger partial charge < -0.3 is 5.11 Å². The highest BCUT2D eigenvalue weighted by Gasteiger charge is 2.43. The highest BCUT2D eigenvalue weighted by atomic mass is 35.5. The van der Waals surface area contributed by atoms with Crippen molar-refractivity contribution in [2.75, 3.05) is 0 Å². The zero-order valence-electron chi connectivity index (χ0n) is 12.3. The summed E-state index contributed by atoms with van der Waals surface area (Å²) in [6, 6.07) is 6.50. The number of hydrogen-bond donors (Lipinski definition) is 1. The minimum absolute atomic E-state index is 0.176. The van der Waals surface area contributed by atoms with Gasteiger partial charge in [-0.2, -0.15) is 5.26 Å². The maximum Gasteiger partial charge on any atom is 0.130 e. The summed E-state index contributed by atoms with van der Waals surface area (Å²) < 4.78 is 14.0. The summed E-state index contributed by atoms with van der Waals surface area (Å²) in [5.74, 6) is 0.0825. The second-order valence-electron chi connectivity index (χ2n) is 6.07. The molecule has 21 heavy (non-hydrogen) atoms. The molecule has 0 aliphatic heterocycles. The lowest BCUT2D eigenvalue weighted by atomic mass is 9.66. The average Bonchev–Trinajstić information content (AvgIpc) is 2.48. The van der Waals surface area contributed by atoms with E-state index in [1.807, 2.05) is 0 Å². The van der Waals surface area contributed by atoms with Crippen LogP contribution < -0.4 is 0 Å². The van der Waals surface area contributed by atoms with Crippen LogP contribution in [-0.4, -0.2) is 5.11 Å². The van der Waals surface area contributed by atoms with Crippen LogP contribution in [0, 0.1) is 28.5 Å². The zero-order chi connectivity index (χ0) is 15.5. The minimum atomic E-state index is -1.10. The quantitative estimate of drug-likeness (QED) is 0.849. The van der Waals surface area contributed by atoms with Crippen LogP contribution in [0.25, 0.3) is 0 Å². The number of halogens is 2. The molecule has 4 heteroatoms. The molecule has 1 saturated carbocycles. The number of rotatable bonds is 4. The van der Waals surface area contributed by atoms with Gasteiger partial charge in [-0.25, -0.2) is 4.39 Å². The first-order valence-electron chi connectivity index (χ1n) is 7.56. The smallest absolute Gasteiger partial charge is 0.130 e. The third kappa shape index (κ3) is 3.39. The van der Waals surface area contributed by atoms with Crippen molar-refractivity contribution in [2.45, 2.75) is 51.6 Å². The predicted octanol–water partition coefficient (Wildman–Crippen LogP) is 5.01. The molecule has 1 aromatic carbocycles. The third-order valence-electron chi connectivity index (χ3n) is 4.70. The van der Waals surface area contributed by atoms with E-state index in [4.69, 9.17) is 11.6 Å². The van der Waals surface area contributed by atoms with E-state index in [1.54, 1.807) is 6.07 Å². The Morgan fingerprint density at radius 2 is 2.14 bits per heavy atom. The number of aliphatic hydroxyl groups is 1. The topological polar surface area (TPSA) is 44.0 Å². The second kappa shape index (κ2) is 6.77. The average molecular weight is 310 g/mol. The number of nitriles is 1. The lowest BCUT2D eigenvalue weighted by Gasteiger charge is -2.38. The molecular formula is C17H21ClFNO. The number of nitrogens with zero attached hydrogens (tertiary/aromatic N) is 1. The lowest BCUT2D eigenvalue weighted by molar-refractivity contribution is 0.0213. The van der Waals surface area contributed by atoms with Gasteiger partial charge in [0.1, 0.15) is 11.9 Å². The van der Waals surface area contributed by atoms with Crippen molar-refractivity contribution < 1.29 is 9.50 Å². The summed E-state index contributed by atoms with van der Waals surface area (Å²) >= 11 is 5.74. The van der Waals surface area contributed by atoms with Crippen LogP contribution in [0.5, 0.6) is 0 Å². The van der Waals surface area contributed by atoms with Crippen molar-refractivity contribution in [1.82, 2.24) is 0 Å². The highest BCUT2D eigenvalue weighted by molar-refractivity contribution is 6.30. The van der Waals surface area contributed by atoms with E-state index >= 15 is 0 Å². The van der Waals surface area contributed by atoms with E-state index in [9.17, 15) is 14.8 Å². The van der Waals surface area contributed by atoms with Crippen molar-refractivity contribution in [3.8, 4) is 6.07 Å². The lowest BCUT2D eigenvalue weighted by Crippen LogP contribution is -2.33. The fourth-order valence-electron chi connectivity index (χ4n) is 3.36. The van der Waals surface area contributed by atoms with Gasteiger partial charge in [-0.05, 0) is 43.7 Å². The third-order valence-corrected chi connectivity index (χ3v) is 4.93. The second-order valence-corrected chi connectivity index (χ2v) is 6.50.